The van der Waals surface area contributed by atoms with E-state index in [4.69, 9.17) is 18.0 Å². The molecule has 3 nitrogen and oxygen atoms in total. The molecule has 0 aliphatic carbocycles. The standard InChI is InChI=1S/C13H18N2OS/c14-13(17)11-5-1-2-6-12(11)15-7-3-4-10(8-15)9-16/h1-2,5-6,10,16H,3-4,7-9H2,(H2,14,17). The lowest BCUT2D eigenvalue weighted by Gasteiger charge is -2.34. The van der Waals surface area contributed by atoms with Gasteiger partial charge in [0.15, 0.2) is 0 Å². The number of hydrogen-bond acceptors (Lipinski definition) is 3. The zero-order chi connectivity index (χ0) is 12.3. The number of para-hydroxylation sites is 1. The maximum atomic E-state index is 9.26. The molecule has 1 heterocycles. The van der Waals surface area contributed by atoms with Gasteiger partial charge < -0.3 is 15.7 Å². The SMILES string of the molecule is NC(=S)c1ccccc1N1CCCC(CO)C1. The first-order valence-electron chi connectivity index (χ1n) is 5.97. The second-order valence-electron chi connectivity index (χ2n) is 4.52. The molecule has 0 amide bonds. The molecule has 0 aromatic heterocycles. The minimum Gasteiger partial charge on any atom is -0.396 e. The Bertz CT molecular complexity index is 408. The fourth-order valence-corrected chi connectivity index (χ4v) is 2.56. The third-order valence-electron chi connectivity index (χ3n) is 3.29. The predicted molar refractivity (Wildman–Crippen MR) is 74.4 cm³/mol. The Morgan fingerprint density at radius 3 is 2.94 bits per heavy atom. The minimum absolute atomic E-state index is 0.256. The lowest BCUT2D eigenvalue weighted by molar-refractivity contribution is 0.208. The molecule has 2 rings (SSSR count). The number of nitrogens with two attached hydrogens (primary N) is 1. The van der Waals surface area contributed by atoms with Crippen molar-refractivity contribution in [3.8, 4) is 0 Å². The maximum Gasteiger partial charge on any atom is 0.106 e. The fourth-order valence-electron chi connectivity index (χ4n) is 2.39. The Kier molecular flexibility index (Phi) is 3.97. The topological polar surface area (TPSA) is 49.5 Å². The third kappa shape index (κ3) is 2.76. The van der Waals surface area contributed by atoms with Crippen LogP contribution in [-0.4, -0.2) is 29.8 Å². The summed E-state index contributed by atoms with van der Waals surface area (Å²) in [6.45, 7) is 2.15. The molecule has 0 saturated carbocycles. The second-order valence-corrected chi connectivity index (χ2v) is 4.96. The van der Waals surface area contributed by atoms with Crippen LogP contribution in [0.25, 0.3) is 0 Å². The van der Waals surface area contributed by atoms with E-state index >= 15 is 0 Å². The Hall–Kier alpha value is -1.13. The van der Waals surface area contributed by atoms with E-state index in [9.17, 15) is 5.11 Å². The van der Waals surface area contributed by atoms with E-state index in [1.54, 1.807) is 0 Å². The van der Waals surface area contributed by atoms with E-state index in [-0.39, 0.29) is 6.61 Å². The van der Waals surface area contributed by atoms with Crippen molar-refractivity contribution in [1.82, 2.24) is 0 Å². The molecule has 1 fully saturated rings. The van der Waals surface area contributed by atoms with Crippen LogP contribution in [0.5, 0.6) is 0 Å². The minimum atomic E-state index is 0.256. The number of hydrogen-bond donors (Lipinski definition) is 2. The van der Waals surface area contributed by atoms with Crippen molar-refractivity contribution in [1.29, 1.82) is 0 Å². The van der Waals surface area contributed by atoms with Crippen LogP contribution in [-0.2, 0) is 0 Å². The molecule has 1 atom stereocenters. The highest BCUT2D eigenvalue weighted by molar-refractivity contribution is 7.80. The monoisotopic (exact) mass is 250 g/mol. The zero-order valence-electron chi connectivity index (χ0n) is 9.80. The predicted octanol–water partition coefficient (Wildman–Crippen LogP) is 1.53. The van der Waals surface area contributed by atoms with Gasteiger partial charge in [-0.15, -0.1) is 0 Å². The Labute approximate surface area is 107 Å². The summed E-state index contributed by atoms with van der Waals surface area (Å²) in [6.07, 6.45) is 2.21. The van der Waals surface area contributed by atoms with Crippen LogP contribution in [0.1, 0.15) is 18.4 Å². The molecule has 0 radical (unpaired) electrons. The fraction of sp³-hybridized carbons (Fsp3) is 0.462. The van der Waals surface area contributed by atoms with Crippen LogP contribution in [0, 0.1) is 5.92 Å². The van der Waals surface area contributed by atoms with Gasteiger partial charge in [0.25, 0.3) is 0 Å². The van der Waals surface area contributed by atoms with Gasteiger partial charge in [0.2, 0.25) is 0 Å². The molecular weight excluding hydrogens is 232 g/mol. The molecule has 17 heavy (non-hydrogen) atoms. The van der Waals surface area contributed by atoms with E-state index in [1.807, 2.05) is 24.3 Å². The van der Waals surface area contributed by atoms with Crippen LogP contribution in [0.3, 0.4) is 0 Å². The molecule has 1 aliphatic heterocycles. The van der Waals surface area contributed by atoms with Crippen LogP contribution in [0.15, 0.2) is 24.3 Å². The van der Waals surface area contributed by atoms with Crippen molar-refractivity contribution in [2.24, 2.45) is 11.7 Å². The number of rotatable bonds is 3. The summed E-state index contributed by atoms with van der Waals surface area (Å²) in [4.78, 5) is 2.71. The second kappa shape index (κ2) is 5.47. The summed E-state index contributed by atoms with van der Waals surface area (Å²) in [5, 5.41) is 9.26. The van der Waals surface area contributed by atoms with Crippen LogP contribution < -0.4 is 10.6 Å². The van der Waals surface area contributed by atoms with Crippen LogP contribution >= 0.6 is 12.2 Å². The van der Waals surface area contributed by atoms with E-state index < -0.39 is 0 Å². The lowest BCUT2D eigenvalue weighted by atomic mass is 9.97. The first-order valence-corrected chi connectivity index (χ1v) is 6.38. The average Bonchev–Trinajstić information content (AvgIpc) is 2.39. The Morgan fingerprint density at radius 2 is 2.24 bits per heavy atom. The molecule has 0 bridgehead atoms. The number of anilines is 1. The highest BCUT2D eigenvalue weighted by Crippen LogP contribution is 2.26. The number of nitrogens with zero attached hydrogens (tertiary/aromatic N) is 1. The number of aliphatic hydroxyl groups is 1. The molecule has 3 N–H and O–H groups in total. The van der Waals surface area contributed by atoms with Gasteiger partial charge in [0, 0.05) is 30.9 Å². The summed E-state index contributed by atoms with van der Waals surface area (Å²) in [6, 6.07) is 7.96. The molecule has 4 heteroatoms. The molecule has 1 aromatic carbocycles. The van der Waals surface area contributed by atoms with Gasteiger partial charge in [-0.3, -0.25) is 0 Å². The number of aliphatic hydroxyl groups excluding tert-OH is 1. The first-order chi connectivity index (χ1) is 8.22. The van der Waals surface area contributed by atoms with E-state index in [1.165, 1.54) is 0 Å². The molecule has 1 saturated heterocycles. The van der Waals surface area contributed by atoms with Crippen molar-refractivity contribution in [3.05, 3.63) is 29.8 Å². The molecule has 1 unspecified atom stereocenters. The molecule has 1 aliphatic rings. The van der Waals surface area contributed by atoms with Gasteiger partial charge in [-0.05, 0) is 30.9 Å². The van der Waals surface area contributed by atoms with Crippen molar-refractivity contribution in [2.45, 2.75) is 12.8 Å². The third-order valence-corrected chi connectivity index (χ3v) is 3.51. The summed E-state index contributed by atoms with van der Waals surface area (Å²) in [5.41, 5.74) is 7.77. The van der Waals surface area contributed by atoms with Crippen LogP contribution in [0.4, 0.5) is 5.69 Å². The Morgan fingerprint density at radius 1 is 1.47 bits per heavy atom. The summed E-state index contributed by atoms with van der Waals surface area (Å²) < 4.78 is 0. The van der Waals surface area contributed by atoms with Crippen molar-refractivity contribution in [2.75, 3.05) is 24.6 Å². The van der Waals surface area contributed by atoms with E-state index in [0.29, 0.717) is 10.9 Å². The summed E-state index contributed by atoms with van der Waals surface area (Å²) in [7, 11) is 0. The van der Waals surface area contributed by atoms with E-state index in [2.05, 4.69) is 4.90 Å². The van der Waals surface area contributed by atoms with Gasteiger partial charge in [0.1, 0.15) is 4.99 Å². The molecule has 92 valence electrons. The average molecular weight is 250 g/mol. The Balaban J connectivity index is 2.24. The number of benzene rings is 1. The lowest BCUT2D eigenvalue weighted by Crippen LogP contribution is -2.37. The van der Waals surface area contributed by atoms with Crippen LogP contribution in [0.2, 0.25) is 0 Å². The van der Waals surface area contributed by atoms with Gasteiger partial charge in [-0.1, -0.05) is 24.4 Å². The molecule has 0 spiro atoms. The van der Waals surface area contributed by atoms with Gasteiger partial charge >= 0.3 is 0 Å². The number of thiocarbonyl (C=S) groups is 1. The van der Waals surface area contributed by atoms with E-state index in [0.717, 1.165) is 37.2 Å². The largest absolute Gasteiger partial charge is 0.396 e. The normalized spacial score (nSPS) is 20.3. The highest BCUT2D eigenvalue weighted by Gasteiger charge is 2.21. The first kappa shape index (κ1) is 12.3. The van der Waals surface area contributed by atoms with Crippen molar-refractivity contribution in [3.63, 3.8) is 0 Å². The van der Waals surface area contributed by atoms with Gasteiger partial charge in [-0.25, -0.2) is 0 Å². The van der Waals surface area contributed by atoms with Gasteiger partial charge in [0.05, 0.1) is 0 Å². The summed E-state index contributed by atoms with van der Waals surface area (Å²) in [5.74, 6) is 0.364. The summed E-state index contributed by atoms with van der Waals surface area (Å²) >= 11 is 5.08. The quantitative estimate of drug-likeness (QED) is 0.799. The zero-order valence-corrected chi connectivity index (χ0v) is 10.6. The maximum absolute atomic E-state index is 9.26. The molecule has 1 aromatic rings. The highest BCUT2D eigenvalue weighted by atomic mass is 32.1. The van der Waals surface area contributed by atoms with Crippen molar-refractivity contribution >= 4 is 22.9 Å². The smallest absolute Gasteiger partial charge is 0.106 e. The molecular formula is C13H18N2OS. The number of piperidine rings is 1. The van der Waals surface area contributed by atoms with Crippen molar-refractivity contribution < 1.29 is 5.11 Å². The van der Waals surface area contributed by atoms with Gasteiger partial charge in [-0.2, -0.15) is 0 Å².